The van der Waals surface area contributed by atoms with Crippen LogP contribution in [0.3, 0.4) is 0 Å². The Kier molecular flexibility index (Phi) is 3.74. The Morgan fingerprint density at radius 1 is 1.14 bits per heavy atom. The molecule has 4 rings (SSSR count). The molecule has 1 aromatic carbocycles. The first kappa shape index (κ1) is 13.7. The lowest BCUT2D eigenvalue weighted by Gasteiger charge is -2.48. The molecule has 3 heteroatoms. The molecule has 0 aliphatic carbocycles. The van der Waals surface area contributed by atoms with E-state index in [4.69, 9.17) is 0 Å². The summed E-state index contributed by atoms with van der Waals surface area (Å²) < 4.78 is 0. The fourth-order valence-corrected chi connectivity index (χ4v) is 4.76. The normalized spacial score (nSPS) is 34.2. The van der Waals surface area contributed by atoms with Crippen LogP contribution in [0.5, 0.6) is 0 Å². The Labute approximate surface area is 128 Å². The first-order valence-corrected chi connectivity index (χ1v) is 8.56. The summed E-state index contributed by atoms with van der Waals surface area (Å²) in [5, 5.41) is 3.62. The Morgan fingerprint density at radius 3 is 3.00 bits per heavy atom. The summed E-state index contributed by atoms with van der Waals surface area (Å²) in [7, 11) is 2.32. The molecule has 0 saturated carbocycles. The quantitative estimate of drug-likeness (QED) is 0.854. The molecule has 3 aliphatic rings. The predicted octanol–water partition coefficient (Wildman–Crippen LogP) is 2.25. The van der Waals surface area contributed by atoms with Gasteiger partial charge in [0.1, 0.15) is 0 Å². The Balaban J connectivity index is 1.53. The van der Waals surface area contributed by atoms with E-state index in [1.807, 2.05) is 0 Å². The molecular weight excluding hydrogens is 258 g/mol. The van der Waals surface area contributed by atoms with Gasteiger partial charge in [-0.3, -0.25) is 4.90 Å². The number of hydrogen-bond acceptors (Lipinski definition) is 3. The standard InChI is InChI=1S/C18H27N3/c1-20-9-4-6-15-13-21(10-8-17(15)20)18-12-19-11-14-5-2-3-7-16(14)18/h2-3,5,7,15,17-19H,4,6,8-13H2,1H3. The van der Waals surface area contributed by atoms with E-state index >= 15 is 0 Å². The second kappa shape index (κ2) is 5.71. The van der Waals surface area contributed by atoms with E-state index in [0.717, 1.165) is 25.0 Å². The molecule has 2 saturated heterocycles. The highest BCUT2D eigenvalue weighted by molar-refractivity contribution is 5.32. The molecule has 0 amide bonds. The molecule has 3 atom stereocenters. The highest BCUT2D eigenvalue weighted by atomic mass is 15.2. The lowest BCUT2D eigenvalue weighted by molar-refractivity contribution is 0.0181. The maximum Gasteiger partial charge on any atom is 0.0476 e. The summed E-state index contributed by atoms with van der Waals surface area (Å²) in [5.41, 5.74) is 3.07. The zero-order valence-electron chi connectivity index (χ0n) is 13.1. The molecular formula is C18H27N3. The van der Waals surface area contributed by atoms with E-state index < -0.39 is 0 Å². The minimum atomic E-state index is 0.586. The highest BCUT2D eigenvalue weighted by Crippen LogP contribution is 2.35. The average molecular weight is 285 g/mol. The van der Waals surface area contributed by atoms with E-state index in [0.29, 0.717) is 6.04 Å². The molecule has 1 aromatic rings. The van der Waals surface area contributed by atoms with Crippen molar-refractivity contribution in [3.8, 4) is 0 Å². The monoisotopic (exact) mass is 285 g/mol. The van der Waals surface area contributed by atoms with Gasteiger partial charge in [-0.05, 0) is 49.9 Å². The summed E-state index contributed by atoms with van der Waals surface area (Å²) >= 11 is 0. The van der Waals surface area contributed by atoms with Crippen LogP contribution < -0.4 is 5.32 Å². The van der Waals surface area contributed by atoms with Crippen LogP contribution in [-0.4, -0.2) is 49.1 Å². The van der Waals surface area contributed by atoms with Crippen LogP contribution >= 0.6 is 0 Å². The van der Waals surface area contributed by atoms with E-state index in [9.17, 15) is 0 Å². The van der Waals surface area contributed by atoms with Gasteiger partial charge in [-0.25, -0.2) is 0 Å². The smallest absolute Gasteiger partial charge is 0.0476 e. The van der Waals surface area contributed by atoms with Crippen molar-refractivity contribution in [2.45, 2.75) is 37.9 Å². The third-order valence-electron chi connectivity index (χ3n) is 5.89. The number of likely N-dealkylation sites (tertiary alicyclic amines) is 2. The van der Waals surface area contributed by atoms with Crippen LogP contribution in [0, 0.1) is 5.92 Å². The second-order valence-corrected chi connectivity index (χ2v) is 7.08. The van der Waals surface area contributed by atoms with Crippen molar-refractivity contribution >= 4 is 0 Å². The van der Waals surface area contributed by atoms with Gasteiger partial charge in [-0.15, -0.1) is 0 Å². The molecule has 0 bridgehead atoms. The SMILES string of the molecule is CN1CCCC2CN(C3CNCc4ccccc43)CCC21. The first-order valence-electron chi connectivity index (χ1n) is 8.56. The largest absolute Gasteiger partial charge is 0.311 e. The number of rotatable bonds is 1. The van der Waals surface area contributed by atoms with Crippen molar-refractivity contribution in [2.75, 3.05) is 33.2 Å². The lowest BCUT2D eigenvalue weighted by Crippen LogP contribution is -2.54. The summed E-state index contributed by atoms with van der Waals surface area (Å²) in [5.74, 6) is 0.881. The summed E-state index contributed by atoms with van der Waals surface area (Å²) in [6.45, 7) is 6.00. The average Bonchev–Trinajstić information content (AvgIpc) is 2.54. The van der Waals surface area contributed by atoms with Gasteiger partial charge >= 0.3 is 0 Å². The molecule has 0 spiro atoms. The molecule has 0 aromatic heterocycles. The molecule has 2 fully saturated rings. The second-order valence-electron chi connectivity index (χ2n) is 7.08. The van der Waals surface area contributed by atoms with E-state index in [2.05, 4.69) is 46.4 Å². The van der Waals surface area contributed by atoms with Gasteiger partial charge in [0.05, 0.1) is 0 Å². The zero-order chi connectivity index (χ0) is 14.2. The third-order valence-corrected chi connectivity index (χ3v) is 5.89. The fourth-order valence-electron chi connectivity index (χ4n) is 4.76. The zero-order valence-corrected chi connectivity index (χ0v) is 13.1. The Morgan fingerprint density at radius 2 is 2.05 bits per heavy atom. The van der Waals surface area contributed by atoms with Crippen LogP contribution in [0.1, 0.15) is 36.4 Å². The number of piperidine rings is 2. The third kappa shape index (κ3) is 2.52. The van der Waals surface area contributed by atoms with Gasteiger partial charge in [0.25, 0.3) is 0 Å². The Hall–Kier alpha value is -0.900. The number of hydrogen-bond donors (Lipinski definition) is 1. The van der Waals surface area contributed by atoms with E-state index in [1.54, 1.807) is 5.56 Å². The van der Waals surface area contributed by atoms with Crippen LogP contribution in [0.15, 0.2) is 24.3 Å². The van der Waals surface area contributed by atoms with Gasteiger partial charge in [-0.1, -0.05) is 24.3 Å². The topological polar surface area (TPSA) is 18.5 Å². The molecule has 0 radical (unpaired) electrons. The first-order chi connectivity index (χ1) is 10.3. The van der Waals surface area contributed by atoms with Crippen molar-refractivity contribution < 1.29 is 0 Å². The molecule has 21 heavy (non-hydrogen) atoms. The molecule has 1 N–H and O–H groups in total. The summed E-state index contributed by atoms with van der Waals surface area (Å²) in [6, 6.07) is 10.4. The van der Waals surface area contributed by atoms with Crippen molar-refractivity contribution in [3.05, 3.63) is 35.4 Å². The fraction of sp³-hybridized carbons (Fsp3) is 0.667. The van der Waals surface area contributed by atoms with Crippen molar-refractivity contribution in [1.82, 2.24) is 15.1 Å². The molecule has 114 valence electrons. The number of nitrogens with zero attached hydrogens (tertiary/aromatic N) is 2. The number of benzene rings is 1. The lowest BCUT2D eigenvalue weighted by atomic mass is 9.82. The van der Waals surface area contributed by atoms with Crippen LogP contribution in [0.25, 0.3) is 0 Å². The van der Waals surface area contributed by atoms with Gasteiger partial charge < -0.3 is 10.2 Å². The minimum absolute atomic E-state index is 0.586. The van der Waals surface area contributed by atoms with Crippen LogP contribution in [0.4, 0.5) is 0 Å². The van der Waals surface area contributed by atoms with Crippen molar-refractivity contribution in [1.29, 1.82) is 0 Å². The maximum atomic E-state index is 3.62. The van der Waals surface area contributed by atoms with Crippen LogP contribution in [-0.2, 0) is 6.54 Å². The Bertz CT molecular complexity index is 501. The molecule has 3 nitrogen and oxygen atoms in total. The van der Waals surface area contributed by atoms with Gasteiger partial charge in [0.2, 0.25) is 0 Å². The van der Waals surface area contributed by atoms with Crippen molar-refractivity contribution in [2.24, 2.45) is 5.92 Å². The van der Waals surface area contributed by atoms with Gasteiger partial charge in [0, 0.05) is 38.3 Å². The minimum Gasteiger partial charge on any atom is -0.311 e. The summed E-state index contributed by atoms with van der Waals surface area (Å²) in [4.78, 5) is 5.36. The molecule has 3 aliphatic heterocycles. The number of fused-ring (bicyclic) bond motifs is 2. The molecule has 3 unspecified atom stereocenters. The van der Waals surface area contributed by atoms with Crippen molar-refractivity contribution in [3.63, 3.8) is 0 Å². The van der Waals surface area contributed by atoms with Gasteiger partial charge in [0.15, 0.2) is 0 Å². The van der Waals surface area contributed by atoms with Crippen LogP contribution in [0.2, 0.25) is 0 Å². The van der Waals surface area contributed by atoms with E-state index in [1.165, 1.54) is 44.5 Å². The number of nitrogens with one attached hydrogen (secondary N) is 1. The highest BCUT2D eigenvalue weighted by Gasteiger charge is 2.37. The molecule has 3 heterocycles. The maximum absolute atomic E-state index is 3.62. The predicted molar refractivity (Wildman–Crippen MR) is 86.2 cm³/mol. The summed E-state index contributed by atoms with van der Waals surface area (Å²) in [6.07, 6.45) is 4.15. The van der Waals surface area contributed by atoms with E-state index in [-0.39, 0.29) is 0 Å². The van der Waals surface area contributed by atoms with Gasteiger partial charge in [-0.2, -0.15) is 0 Å².